The maximum Gasteiger partial charge on any atom is 0.335 e. The SMILES string of the molecule is Cc1[nH]ncc1CNC(=O)c1ccc(=O)oc1. The molecule has 2 N–H and O–H groups in total. The molecular weight excluding hydrogens is 222 g/mol. The third-order valence-corrected chi connectivity index (χ3v) is 2.34. The molecule has 88 valence electrons. The number of aromatic amines is 1. The molecule has 0 unspecified atom stereocenters. The number of aromatic nitrogens is 2. The molecule has 0 aliphatic carbocycles. The Balaban J connectivity index is 2.00. The van der Waals surface area contributed by atoms with Crippen LogP contribution in [0.2, 0.25) is 0 Å². The number of amides is 1. The zero-order valence-electron chi connectivity index (χ0n) is 9.19. The van der Waals surface area contributed by atoms with E-state index in [1.54, 1.807) is 6.20 Å². The Labute approximate surface area is 96.7 Å². The molecule has 2 heterocycles. The van der Waals surface area contributed by atoms with Gasteiger partial charge in [0, 0.05) is 23.9 Å². The molecule has 2 aromatic heterocycles. The van der Waals surface area contributed by atoms with Gasteiger partial charge < -0.3 is 9.73 Å². The Hall–Kier alpha value is -2.37. The smallest absolute Gasteiger partial charge is 0.335 e. The highest BCUT2D eigenvalue weighted by molar-refractivity contribution is 5.93. The molecule has 0 saturated carbocycles. The van der Waals surface area contributed by atoms with Gasteiger partial charge in [0.2, 0.25) is 0 Å². The van der Waals surface area contributed by atoms with Crippen LogP contribution in [0.5, 0.6) is 0 Å². The lowest BCUT2D eigenvalue weighted by atomic mass is 10.2. The van der Waals surface area contributed by atoms with Crippen LogP contribution >= 0.6 is 0 Å². The van der Waals surface area contributed by atoms with Gasteiger partial charge in [0.25, 0.3) is 5.91 Å². The van der Waals surface area contributed by atoms with Crippen molar-refractivity contribution < 1.29 is 9.21 Å². The number of carbonyl (C=O) groups excluding carboxylic acids is 1. The Bertz CT molecular complexity index is 565. The number of aryl methyl sites for hydroxylation is 1. The van der Waals surface area contributed by atoms with Crippen LogP contribution in [0.15, 0.2) is 33.8 Å². The lowest BCUT2D eigenvalue weighted by Crippen LogP contribution is -2.23. The lowest BCUT2D eigenvalue weighted by molar-refractivity contribution is 0.0948. The van der Waals surface area contributed by atoms with Gasteiger partial charge in [-0.15, -0.1) is 0 Å². The highest BCUT2D eigenvalue weighted by Crippen LogP contribution is 2.02. The van der Waals surface area contributed by atoms with E-state index in [4.69, 9.17) is 0 Å². The fourth-order valence-electron chi connectivity index (χ4n) is 1.32. The van der Waals surface area contributed by atoms with Crippen LogP contribution in [0.3, 0.4) is 0 Å². The summed E-state index contributed by atoms with van der Waals surface area (Å²) < 4.78 is 4.61. The van der Waals surface area contributed by atoms with Crippen molar-refractivity contribution >= 4 is 5.91 Å². The summed E-state index contributed by atoms with van der Waals surface area (Å²) in [6, 6.07) is 2.63. The van der Waals surface area contributed by atoms with Crippen molar-refractivity contribution in [3.63, 3.8) is 0 Å². The molecule has 0 aliphatic rings. The van der Waals surface area contributed by atoms with Crippen molar-refractivity contribution in [3.05, 3.63) is 51.8 Å². The van der Waals surface area contributed by atoms with Crippen molar-refractivity contribution in [2.24, 2.45) is 0 Å². The molecular formula is C11H11N3O3. The Morgan fingerprint density at radius 1 is 1.53 bits per heavy atom. The summed E-state index contributed by atoms with van der Waals surface area (Å²) in [7, 11) is 0. The number of nitrogens with zero attached hydrogens (tertiary/aromatic N) is 1. The second-order valence-electron chi connectivity index (χ2n) is 3.55. The molecule has 0 fully saturated rings. The quantitative estimate of drug-likeness (QED) is 0.812. The van der Waals surface area contributed by atoms with Crippen LogP contribution in [0.1, 0.15) is 21.6 Å². The summed E-state index contributed by atoms with van der Waals surface area (Å²) in [4.78, 5) is 22.4. The molecule has 0 spiro atoms. The van der Waals surface area contributed by atoms with Gasteiger partial charge in [0.1, 0.15) is 6.26 Å². The minimum Gasteiger partial charge on any atom is -0.430 e. The molecule has 0 aromatic carbocycles. The van der Waals surface area contributed by atoms with E-state index in [0.717, 1.165) is 17.5 Å². The molecule has 0 radical (unpaired) electrons. The molecule has 17 heavy (non-hydrogen) atoms. The normalized spacial score (nSPS) is 10.2. The summed E-state index contributed by atoms with van der Waals surface area (Å²) >= 11 is 0. The standard InChI is InChI=1S/C11H11N3O3/c1-7-9(5-13-14-7)4-12-11(16)8-2-3-10(15)17-6-8/h2-3,5-6H,4H2,1H3,(H,12,16)(H,13,14). The first-order chi connectivity index (χ1) is 8.16. The van der Waals surface area contributed by atoms with Crippen LogP contribution in [-0.2, 0) is 6.54 Å². The highest BCUT2D eigenvalue weighted by Gasteiger charge is 2.07. The molecule has 0 saturated heterocycles. The van der Waals surface area contributed by atoms with Crippen molar-refractivity contribution in [1.29, 1.82) is 0 Å². The summed E-state index contributed by atoms with van der Waals surface area (Å²) in [6.07, 6.45) is 2.79. The van der Waals surface area contributed by atoms with Crippen LogP contribution in [0.25, 0.3) is 0 Å². The maximum atomic E-state index is 11.7. The van der Waals surface area contributed by atoms with E-state index in [0.29, 0.717) is 12.1 Å². The predicted molar refractivity (Wildman–Crippen MR) is 59.5 cm³/mol. The van der Waals surface area contributed by atoms with Crippen molar-refractivity contribution in [1.82, 2.24) is 15.5 Å². The Kier molecular flexibility index (Phi) is 3.04. The molecule has 2 rings (SSSR count). The fourth-order valence-corrected chi connectivity index (χ4v) is 1.32. The van der Waals surface area contributed by atoms with Gasteiger partial charge >= 0.3 is 5.63 Å². The fraction of sp³-hybridized carbons (Fsp3) is 0.182. The number of hydrogen-bond donors (Lipinski definition) is 2. The molecule has 6 nitrogen and oxygen atoms in total. The zero-order chi connectivity index (χ0) is 12.3. The molecule has 2 aromatic rings. The van der Waals surface area contributed by atoms with E-state index >= 15 is 0 Å². The lowest BCUT2D eigenvalue weighted by Gasteiger charge is -2.03. The third kappa shape index (κ3) is 2.60. The van der Waals surface area contributed by atoms with Crippen molar-refractivity contribution in [2.75, 3.05) is 0 Å². The average Bonchev–Trinajstić information content (AvgIpc) is 2.73. The van der Waals surface area contributed by atoms with Crippen LogP contribution in [0, 0.1) is 6.92 Å². The predicted octanol–water partition coefficient (Wildman–Crippen LogP) is 0.601. The van der Waals surface area contributed by atoms with Gasteiger partial charge in [-0.2, -0.15) is 5.10 Å². The van der Waals surface area contributed by atoms with Crippen molar-refractivity contribution in [3.8, 4) is 0 Å². The molecule has 0 aliphatic heterocycles. The summed E-state index contributed by atoms with van der Waals surface area (Å²) in [5.41, 5.74) is 1.65. The summed E-state index contributed by atoms with van der Waals surface area (Å²) in [5.74, 6) is -0.297. The molecule has 6 heteroatoms. The van der Waals surface area contributed by atoms with Crippen molar-refractivity contribution in [2.45, 2.75) is 13.5 Å². The van der Waals surface area contributed by atoms with Crippen LogP contribution < -0.4 is 10.9 Å². The van der Waals surface area contributed by atoms with Gasteiger partial charge in [-0.1, -0.05) is 0 Å². The van der Waals surface area contributed by atoms with Gasteiger partial charge in [0.15, 0.2) is 0 Å². The summed E-state index contributed by atoms with van der Waals surface area (Å²) in [5, 5.41) is 9.33. The van der Waals surface area contributed by atoms with Gasteiger partial charge in [-0.05, 0) is 13.0 Å². The minimum absolute atomic E-state index is 0.297. The molecule has 0 atom stereocenters. The monoisotopic (exact) mass is 233 g/mol. The van der Waals surface area contributed by atoms with Gasteiger partial charge in [0.05, 0.1) is 11.8 Å². The Morgan fingerprint density at radius 3 is 2.94 bits per heavy atom. The van der Waals surface area contributed by atoms with E-state index in [-0.39, 0.29) is 5.91 Å². The van der Waals surface area contributed by atoms with Crippen LogP contribution in [0.4, 0.5) is 0 Å². The second-order valence-corrected chi connectivity index (χ2v) is 3.55. The highest BCUT2D eigenvalue weighted by atomic mass is 16.4. The van der Waals surface area contributed by atoms with E-state index in [1.165, 1.54) is 12.1 Å². The summed E-state index contributed by atoms with van der Waals surface area (Å²) in [6.45, 7) is 2.25. The minimum atomic E-state index is -0.479. The van der Waals surface area contributed by atoms with E-state index < -0.39 is 5.63 Å². The zero-order valence-corrected chi connectivity index (χ0v) is 9.19. The first-order valence-electron chi connectivity index (χ1n) is 5.03. The Morgan fingerprint density at radius 2 is 2.35 bits per heavy atom. The number of nitrogens with one attached hydrogen (secondary N) is 2. The number of hydrogen-bond acceptors (Lipinski definition) is 4. The van der Waals surface area contributed by atoms with E-state index in [2.05, 4.69) is 19.9 Å². The number of rotatable bonds is 3. The molecule has 0 bridgehead atoms. The first kappa shape index (κ1) is 11.1. The van der Waals surface area contributed by atoms with E-state index in [1.807, 2.05) is 6.92 Å². The first-order valence-corrected chi connectivity index (χ1v) is 5.03. The van der Waals surface area contributed by atoms with Crippen LogP contribution in [-0.4, -0.2) is 16.1 Å². The number of H-pyrrole nitrogens is 1. The third-order valence-electron chi connectivity index (χ3n) is 2.34. The van der Waals surface area contributed by atoms with Gasteiger partial charge in [-0.3, -0.25) is 9.89 Å². The maximum absolute atomic E-state index is 11.7. The number of carbonyl (C=O) groups is 1. The largest absolute Gasteiger partial charge is 0.430 e. The topological polar surface area (TPSA) is 88.0 Å². The second kappa shape index (κ2) is 4.65. The molecule has 1 amide bonds. The van der Waals surface area contributed by atoms with Gasteiger partial charge in [-0.25, -0.2) is 4.79 Å². The average molecular weight is 233 g/mol. The van der Waals surface area contributed by atoms with E-state index in [9.17, 15) is 9.59 Å².